The number of carbonyl (C=O) groups is 1. The molecule has 2 N–H and O–H groups in total. The summed E-state index contributed by atoms with van der Waals surface area (Å²) in [6, 6.07) is 8.15. The van der Waals surface area contributed by atoms with Gasteiger partial charge in [-0.05, 0) is 38.1 Å². The minimum atomic E-state index is -4.37. The molecule has 0 aliphatic heterocycles. The van der Waals surface area contributed by atoms with Crippen LogP contribution in [-0.2, 0) is 17.4 Å². The van der Waals surface area contributed by atoms with E-state index in [2.05, 4.69) is 20.5 Å². The van der Waals surface area contributed by atoms with Crippen LogP contribution in [0.2, 0.25) is 0 Å². The Labute approximate surface area is 184 Å². The van der Waals surface area contributed by atoms with Gasteiger partial charge in [0.1, 0.15) is 10.6 Å². The summed E-state index contributed by atoms with van der Waals surface area (Å²) < 4.78 is 37.7. The van der Waals surface area contributed by atoms with Crippen molar-refractivity contribution in [2.24, 2.45) is 0 Å². The van der Waals surface area contributed by atoms with Gasteiger partial charge in [0.05, 0.1) is 17.0 Å². The van der Waals surface area contributed by atoms with Crippen LogP contribution in [0.15, 0.2) is 46.1 Å². The van der Waals surface area contributed by atoms with Crippen LogP contribution in [-0.4, -0.2) is 37.5 Å². The molecule has 0 aliphatic rings. The molecule has 0 amide bonds. The second-order valence-electron chi connectivity index (χ2n) is 7.08. The maximum absolute atomic E-state index is 12.7. The highest BCUT2D eigenvalue weighted by Crippen LogP contribution is 2.34. The summed E-state index contributed by atoms with van der Waals surface area (Å²) in [4.78, 5) is 15.7. The van der Waals surface area contributed by atoms with Crippen molar-refractivity contribution < 1.29 is 23.1 Å². The first-order chi connectivity index (χ1) is 14.5. The van der Waals surface area contributed by atoms with Crippen molar-refractivity contribution in [1.82, 2.24) is 15.2 Å². The van der Waals surface area contributed by atoms with Gasteiger partial charge in [0.15, 0.2) is 4.34 Å². The van der Waals surface area contributed by atoms with E-state index in [1.165, 1.54) is 35.2 Å². The normalized spacial score (nSPS) is 12.0. The van der Waals surface area contributed by atoms with Crippen LogP contribution in [0.1, 0.15) is 25.1 Å². The van der Waals surface area contributed by atoms with E-state index in [1.807, 2.05) is 5.38 Å². The molecular weight excluding hydrogens is 449 g/mol. The lowest BCUT2D eigenvalue weighted by molar-refractivity contribution is -0.139. The van der Waals surface area contributed by atoms with Crippen LogP contribution in [0.4, 0.5) is 19.0 Å². The van der Waals surface area contributed by atoms with E-state index in [-0.39, 0.29) is 0 Å². The maximum atomic E-state index is 12.7. The zero-order valence-electron chi connectivity index (χ0n) is 16.6. The molecule has 11 heteroatoms. The average molecular weight is 469 g/mol. The quantitative estimate of drug-likeness (QED) is 0.438. The van der Waals surface area contributed by atoms with Gasteiger partial charge in [0.2, 0.25) is 0 Å². The van der Waals surface area contributed by atoms with Crippen LogP contribution in [0.25, 0.3) is 11.3 Å². The van der Waals surface area contributed by atoms with E-state index in [9.17, 15) is 23.1 Å². The van der Waals surface area contributed by atoms with Crippen LogP contribution >= 0.6 is 23.1 Å². The lowest BCUT2D eigenvalue weighted by Gasteiger charge is -2.15. The van der Waals surface area contributed by atoms with Crippen molar-refractivity contribution in [2.45, 2.75) is 35.5 Å². The predicted octanol–water partition coefficient (Wildman–Crippen LogP) is 5.23. The van der Waals surface area contributed by atoms with Crippen LogP contribution in [0.5, 0.6) is 0 Å². The number of alkyl halides is 3. The van der Waals surface area contributed by atoms with E-state index in [1.54, 1.807) is 26.0 Å². The monoisotopic (exact) mass is 468 g/mol. The largest absolute Gasteiger partial charge is 0.480 e. The van der Waals surface area contributed by atoms with Crippen molar-refractivity contribution in [1.29, 1.82) is 0 Å². The van der Waals surface area contributed by atoms with Gasteiger partial charge in [0.25, 0.3) is 0 Å². The van der Waals surface area contributed by atoms with Crippen LogP contribution in [0, 0.1) is 0 Å². The zero-order valence-corrected chi connectivity index (χ0v) is 18.2. The third-order valence-corrected chi connectivity index (χ3v) is 6.42. The first kappa shape index (κ1) is 23.0. The van der Waals surface area contributed by atoms with Crippen molar-refractivity contribution in [3.63, 3.8) is 0 Å². The van der Waals surface area contributed by atoms with Crippen molar-refractivity contribution in [3.05, 3.63) is 53.0 Å². The Morgan fingerprint density at radius 3 is 2.42 bits per heavy atom. The first-order valence-corrected chi connectivity index (χ1v) is 10.9. The number of anilines is 1. The molecule has 6 nitrogen and oxygen atoms in total. The molecule has 164 valence electrons. The molecule has 2 heterocycles. The number of aliphatic carboxylic acids is 1. The fourth-order valence-corrected chi connectivity index (χ4v) is 4.67. The van der Waals surface area contributed by atoms with Crippen molar-refractivity contribution in [2.75, 3.05) is 11.9 Å². The molecule has 0 saturated heterocycles. The van der Waals surface area contributed by atoms with Gasteiger partial charge in [-0.25, -0.2) is 4.98 Å². The van der Waals surface area contributed by atoms with Gasteiger partial charge in [-0.1, -0.05) is 23.9 Å². The average Bonchev–Trinajstić information content (AvgIpc) is 3.14. The number of nitrogens with one attached hydrogen (secondary N) is 1. The Bertz CT molecular complexity index is 1040. The standard InChI is InChI=1S/C20H19F3N4O2S2/c1-19(2,17(28)29)31-18-25-14(11-30-18)9-10-24-16-8-7-15(26-27-16)12-3-5-13(6-4-12)20(21,22)23/h3-8,11H,9-10H2,1-2H3,(H,24,27)(H,28,29). The highest BCUT2D eigenvalue weighted by Gasteiger charge is 2.30. The number of carboxylic acid groups (broad SMARTS) is 1. The SMILES string of the molecule is CC(C)(Sc1nc(CCNc2ccc(-c3ccc(C(F)(F)F)cc3)nn2)cs1)C(=O)O. The number of halogens is 3. The smallest absolute Gasteiger partial charge is 0.416 e. The molecule has 0 bridgehead atoms. The number of hydrogen-bond acceptors (Lipinski definition) is 7. The maximum Gasteiger partial charge on any atom is 0.416 e. The van der Waals surface area contributed by atoms with Crippen molar-refractivity contribution >= 4 is 34.9 Å². The van der Waals surface area contributed by atoms with Gasteiger partial charge in [-0.2, -0.15) is 13.2 Å². The minimum absolute atomic E-state index is 0.474. The molecule has 3 aromatic rings. The Balaban J connectivity index is 1.53. The number of carboxylic acids is 1. The highest BCUT2D eigenvalue weighted by atomic mass is 32.2. The third kappa shape index (κ3) is 6.17. The molecule has 0 fully saturated rings. The number of thioether (sulfide) groups is 1. The molecule has 0 spiro atoms. The van der Waals surface area contributed by atoms with Crippen molar-refractivity contribution in [3.8, 4) is 11.3 Å². The molecule has 0 radical (unpaired) electrons. The van der Waals surface area contributed by atoms with E-state index in [0.29, 0.717) is 34.4 Å². The molecule has 2 aromatic heterocycles. The number of aromatic nitrogens is 3. The topological polar surface area (TPSA) is 88.0 Å². The summed E-state index contributed by atoms with van der Waals surface area (Å²) in [5.41, 5.74) is 1.15. The Morgan fingerprint density at radius 1 is 1.13 bits per heavy atom. The fourth-order valence-electron chi connectivity index (χ4n) is 2.44. The van der Waals surface area contributed by atoms with E-state index in [4.69, 9.17) is 0 Å². The van der Waals surface area contributed by atoms with E-state index < -0.39 is 22.5 Å². The summed E-state index contributed by atoms with van der Waals surface area (Å²) >= 11 is 2.61. The number of benzene rings is 1. The number of hydrogen-bond donors (Lipinski definition) is 2. The summed E-state index contributed by atoms with van der Waals surface area (Å²) in [5, 5.41) is 22.3. The zero-order chi connectivity index (χ0) is 22.6. The molecular formula is C20H19F3N4O2S2. The molecule has 0 atom stereocenters. The lowest BCUT2D eigenvalue weighted by Crippen LogP contribution is -2.26. The second-order valence-corrected chi connectivity index (χ2v) is 9.81. The molecule has 31 heavy (non-hydrogen) atoms. The predicted molar refractivity (Wildman–Crippen MR) is 114 cm³/mol. The van der Waals surface area contributed by atoms with Gasteiger partial charge >= 0.3 is 12.1 Å². The van der Waals surface area contributed by atoms with Crippen LogP contribution < -0.4 is 5.32 Å². The summed E-state index contributed by atoms with van der Waals surface area (Å²) in [6.07, 6.45) is -3.76. The second kappa shape index (κ2) is 9.23. The Morgan fingerprint density at radius 2 is 1.84 bits per heavy atom. The summed E-state index contributed by atoms with van der Waals surface area (Å²) in [5.74, 6) is -0.360. The summed E-state index contributed by atoms with van der Waals surface area (Å²) in [6.45, 7) is 3.82. The van der Waals surface area contributed by atoms with E-state index >= 15 is 0 Å². The molecule has 0 unspecified atom stereocenters. The Hall–Kier alpha value is -2.66. The molecule has 1 aromatic carbocycles. The van der Waals surface area contributed by atoms with Gasteiger partial charge in [-0.15, -0.1) is 21.5 Å². The number of rotatable bonds is 8. The molecule has 0 saturated carbocycles. The summed E-state index contributed by atoms with van der Waals surface area (Å²) in [7, 11) is 0. The van der Waals surface area contributed by atoms with Gasteiger partial charge in [-0.3, -0.25) is 4.79 Å². The Kier molecular flexibility index (Phi) is 6.85. The van der Waals surface area contributed by atoms with E-state index in [0.717, 1.165) is 17.8 Å². The molecule has 0 aliphatic carbocycles. The molecule has 3 rings (SSSR count). The van der Waals surface area contributed by atoms with Gasteiger partial charge < -0.3 is 10.4 Å². The highest BCUT2D eigenvalue weighted by molar-refractivity contribution is 8.02. The lowest BCUT2D eigenvalue weighted by atomic mass is 10.1. The first-order valence-electron chi connectivity index (χ1n) is 9.17. The fraction of sp³-hybridized carbons (Fsp3) is 0.300. The minimum Gasteiger partial charge on any atom is -0.480 e. The van der Waals surface area contributed by atoms with Gasteiger partial charge in [0, 0.05) is 23.9 Å². The third-order valence-electron chi connectivity index (χ3n) is 4.25. The van der Waals surface area contributed by atoms with Crippen LogP contribution in [0.3, 0.4) is 0 Å². The number of nitrogens with zero attached hydrogens (tertiary/aromatic N) is 3. The number of thiazole rings is 1.